The predicted molar refractivity (Wildman–Crippen MR) is 70.4 cm³/mol. The predicted octanol–water partition coefficient (Wildman–Crippen LogP) is 1.68. The number of hydrogen-bond acceptors (Lipinski definition) is 4. The zero-order valence-corrected chi connectivity index (χ0v) is 11.4. The van der Waals surface area contributed by atoms with Crippen LogP contribution in [0.1, 0.15) is 31.1 Å². The Kier molecular flexibility index (Phi) is 4.37. The molecule has 0 heterocycles. The molecule has 6 heteroatoms. The normalized spacial score (nSPS) is 10.7. The van der Waals surface area contributed by atoms with Crippen molar-refractivity contribution in [3.8, 4) is 11.5 Å². The minimum absolute atomic E-state index is 0.0635. The molecule has 19 heavy (non-hydrogen) atoms. The van der Waals surface area contributed by atoms with Gasteiger partial charge in [-0.2, -0.15) is 0 Å². The lowest BCUT2D eigenvalue weighted by Crippen LogP contribution is -2.40. The summed E-state index contributed by atoms with van der Waals surface area (Å²) >= 11 is 0. The standard InChI is InChI=1S/C13H18N2O4/c1-13(2,3)15-11(16)9-6-5-8(18-4)7-10(9)19-12(14)17/h5-7H,1-4H3,(H2,14,17)(H,15,16). The van der Waals surface area contributed by atoms with E-state index in [4.69, 9.17) is 15.2 Å². The summed E-state index contributed by atoms with van der Waals surface area (Å²) in [7, 11) is 1.47. The van der Waals surface area contributed by atoms with Crippen molar-refractivity contribution in [3.05, 3.63) is 23.8 Å². The summed E-state index contributed by atoms with van der Waals surface area (Å²) in [5, 5.41) is 2.77. The third kappa shape index (κ3) is 4.50. The molecule has 0 atom stereocenters. The number of carbonyl (C=O) groups excluding carboxylic acids is 2. The van der Waals surface area contributed by atoms with E-state index >= 15 is 0 Å². The van der Waals surface area contributed by atoms with E-state index < -0.39 is 11.6 Å². The molecule has 0 aliphatic rings. The Morgan fingerprint density at radius 1 is 1.26 bits per heavy atom. The van der Waals surface area contributed by atoms with Crippen molar-refractivity contribution in [2.24, 2.45) is 5.73 Å². The molecular formula is C13H18N2O4. The molecule has 3 N–H and O–H groups in total. The molecule has 1 aromatic carbocycles. The highest BCUT2D eigenvalue weighted by Gasteiger charge is 2.20. The third-order valence-electron chi connectivity index (χ3n) is 2.13. The van der Waals surface area contributed by atoms with Gasteiger partial charge in [-0.1, -0.05) is 0 Å². The highest BCUT2D eigenvalue weighted by Crippen LogP contribution is 2.25. The summed E-state index contributed by atoms with van der Waals surface area (Å²) in [4.78, 5) is 22.9. The molecule has 1 aromatic rings. The number of ether oxygens (including phenoxy) is 2. The summed E-state index contributed by atoms with van der Waals surface area (Å²) in [6, 6.07) is 4.55. The number of benzene rings is 1. The fourth-order valence-corrected chi connectivity index (χ4v) is 1.42. The average molecular weight is 266 g/mol. The number of rotatable bonds is 3. The first-order valence-electron chi connectivity index (χ1n) is 5.71. The maximum atomic E-state index is 12.1. The number of hydrogen-bond donors (Lipinski definition) is 2. The van der Waals surface area contributed by atoms with Crippen molar-refractivity contribution in [1.29, 1.82) is 0 Å². The van der Waals surface area contributed by atoms with Gasteiger partial charge < -0.3 is 20.5 Å². The minimum Gasteiger partial charge on any atom is -0.497 e. The monoisotopic (exact) mass is 266 g/mol. The summed E-state index contributed by atoms with van der Waals surface area (Å²) in [6.07, 6.45) is -0.988. The molecule has 0 aliphatic heterocycles. The van der Waals surface area contributed by atoms with Crippen LogP contribution in [-0.4, -0.2) is 24.6 Å². The van der Waals surface area contributed by atoms with Gasteiger partial charge >= 0.3 is 6.09 Å². The fourth-order valence-electron chi connectivity index (χ4n) is 1.42. The third-order valence-corrected chi connectivity index (χ3v) is 2.13. The zero-order chi connectivity index (χ0) is 14.6. The molecular weight excluding hydrogens is 248 g/mol. The molecule has 0 spiro atoms. The minimum atomic E-state index is -0.988. The van der Waals surface area contributed by atoms with Crippen LogP contribution in [0, 0.1) is 0 Å². The van der Waals surface area contributed by atoms with Gasteiger partial charge in [-0.05, 0) is 32.9 Å². The fraction of sp³-hybridized carbons (Fsp3) is 0.385. The van der Waals surface area contributed by atoms with Crippen LogP contribution >= 0.6 is 0 Å². The molecule has 0 aromatic heterocycles. The quantitative estimate of drug-likeness (QED) is 0.870. The number of primary amides is 1. The van der Waals surface area contributed by atoms with Gasteiger partial charge in [0, 0.05) is 11.6 Å². The molecule has 0 radical (unpaired) electrons. The van der Waals surface area contributed by atoms with Gasteiger partial charge in [0.25, 0.3) is 5.91 Å². The van der Waals surface area contributed by atoms with Crippen molar-refractivity contribution < 1.29 is 19.1 Å². The van der Waals surface area contributed by atoms with E-state index in [2.05, 4.69) is 5.32 Å². The topological polar surface area (TPSA) is 90.7 Å². The molecule has 0 saturated heterocycles. The van der Waals surface area contributed by atoms with Crippen LogP contribution in [-0.2, 0) is 0 Å². The van der Waals surface area contributed by atoms with E-state index in [1.807, 2.05) is 20.8 Å². The number of nitrogens with one attached hydrogen (secondary N) is 1. The second kappa shape index (κ2) is 5.60. The Balaban J connectivity index is 3.11. The highest BCUT2D eigenvalue weighted by atomic mass is 16.5. The second-order valence-electron chi connectivity index (χ2n) is 4.99. The van der Waals surface area contributed by atoms with E-state index in [1.165, 1.54) is 19.2 Å². The maximum absolute atomic E-state index is 12.1. The summed E-state index contributed by atoms with van der Waals surface area (Å²) in [5.41, 5.74) is 4.79. The molecule has 0 unspecified atom stereocenters. The van der Waals surface area contributed by atoms with Gasteiger partial charge in [-0.3, -0.25) is 4.79 Å². The van der Waals surface area contributed by atoms with Crippen molar-refractivity contribution in [1.82, 2.24) is 5.32 Å². The van der Waals surface area contributed by atoms with Crippen molar-refractivity contribution in [2.45, 2.75) is 26.3 Å². The Labute approximate surface area is 111 Å². The molecule has 0 fully saturated rings. The van der Waals surface area contributed by atoms with Crippen LogP contribution in [0.5, 0.6) is 11.5 Å². The average Bonchev–Trinajstić information content (AvgIpc) is 2.25. The van der Waals surface area contributed by atoms with Gasteiger partial charge in [-0.25, -0.2) is 4.79 Å². The van der Waals surface area contributed by atoms with Gasteiger partial charge in [0.05, 0.1) is 12.7 Å². The SMILES string of the molecule is COc1ccc(C(=O)NC(C)(C)C)c(OC(N)=O)c1. The highest BCUT2D eigenvalue weighted by molar-refractivity contribution is 5.98. The van der Waals surface area contributed by atoms with Crippen LogP contribution in [0.2, 0.25) is 0 Å². The molecule has 2 amide bonds. The Bertz CT molecular complexity index is 492. The summed E-state index contributed by atoms with van der Waals surface area (Å²) in [5.74, 6) is 0.170. The second-order valence-corrected chi connectivity index (χ2v) is 4.99. The molecule has 1 rings (SSSR count). The Morgan fingerprint density at radius 2 is 1.89 bits per heavy atom. The summed E-state index contributed by atoms with van der Waals surface area (Å²) < 4.78 is 9.83. The van der Waals surface area contributed by atoms with Gasteiger partial charge in [-0.15, -0.1) is 0 Å². The van der Waals surface area contributed by atoms with E-state index in [1.54, 1.807) is 6.07 Å². The maximum Gasteiger partial charge on any atom is 0.409 e. The van der Waals surface area contributed by atoms with E-state index in [-0.39, 0.29) is 17.2 Å². The zero-order valence-electron chi connectivity index (χ0n) is 11.4. The van der Waals surface area contributed by atoms with Crippen LogP contribution in [0.3, 0.4) is 0 Å². The Morgan fingerprint density at radius 3 is 2.37 bits per heavy atom. The number of nitrogens with two attached hydrogens (primary N) is 1. The lowest BCUT2D eigenvalue weighted by Gasteiger charge is -2.21. The smallest absolute Gasteiger partial charge is 0.409 e. The van der Waals surface area contributed by atoms with Crippen LogP contribution < -0.4 is 20.5 Å². The largest absolute Gasteiger partial charge is 0.497 e. The Hall–Kier alpha value is -2.24. The molecule has 0 bridgehead atoms. The van der Waals surface area contributed by atoms with Gasteiger partial charge in [0.15, 0.2) is 0 Å². The van der Waals surface area contributed by atoms with Gasteiger partial charge in [0.1, 0.15) is 11.5 Å². The van der Waals surface area contributed by atoms with Gasteiger partial charge in [0.2, 0.25) is 0 Å². The van der Waals surface area contributed by atoms with Crippen molar-refractivity contribution in [3.63, 3.8) is 0 Å². The number of carbonyl (C=O) groups is 2. The van der Waals surface area contributed by atoms with Crippen LogP contribution in [0.4, 0.5) is 4.79 Å². The van der Waals surface area contributed by atoms with Crippen LogP contribution in [0.15, 0.2) is 18.2 Å². The van der Waals surface area contributed by atoms with Crippen molar-refractivity contribution in [2.75, 3.05) is 7.11 Å². The first-order valence-corrected chi connectivity index (χ1v) is 5.71. The van der Waals surface area contributed by atoms with E-state index in [9.17, 15) is 9.59 Å². The van der Waals surface area contributed by atoms with Crippen molar-refractivity contribution >= 4 is 12.0 Å². The molecule has 0 aliphatic carbocycles. The molecule has 6 nitrogen and oxygen atoms in total. The lowest BCUT2D eigenvalue weighted by molar-refractivity contribution is 0.0917. The first-order chi connectivity index (χ1) is 8.73. The van der Waals surface area contributed by atoms with Crippen LogP contribution in [0.25, 0.3) is 0 Å². The number of amides is 2. The van der Waals surface area contributed by atoms with E-state index in [0.29, 0.717) is 5.75 Å². The number of methoxy groups -OCH3 is 1. The lowest BCUT2D eigenvalue weighted by atomic mass is 10.1. The molecule has 0 saturated carbocycles. The molecule has 104 valence electrons. The first kappa shape index (κ1) is 14.8. The summed E-state index contributed by atoms with van der Waals surface area (Å²) in [6.45, 7) is 5.55. The van der Waals surface area contributed by atoms with E-state index in [0.717, 1.165) is 0 Å².